The van der Waals surface area contributed by atoms with Crippen molar-refractivity contribution >= 4 is 50.3 Å². The van der Waals surface area contributed by atoms with Crippen molar-refractivity contribution in [1.82, 2.24) is 19.9 Å². The molecular weight excluding hydrogens is 396 g/mol. The second-order valence-corrected chi connectivity index (χ2v) is 7.77. The number of carbonyl (C=O) groups is 1. The zero-order valence-electron chi connectivity index (χ0n) is 16.1. The van der Waals surface area contributed by atoms with Gasteiger partial charge in [-0.25, -0.2) is 4.98 Å². The molecule has 148 valence electrons. The lowest BCUT2D eigenvalue weighted by Crippen LogP contribution is -2.15. The number of amides is 1. The number of rotatable bonds is 5. The van der Waals surface area contributed by atoms with Crippen molar-refractivity contribution in [2.45, 2.75) is 13.5 Å². The SMILES string of the molecule is Cc1cc2c(C(=O)Nc3nc(NCc4ccccc4)c4scnc4n3)cccc2[nH]1. The average Bonchev–Trinajstić information content (AvgIpc) is 3.37. The number of nitrogens with zero attached hydrogens (tertiary/aromatic N) is 3. The predicted molar refractivity (Wildman–Crippen MR) is 120 cm³/mol. The third-order valence-electron chi connectivity index (χ3n) is 4.76. The van der Waals surface area contributed by atoms with Crippen molar-refractivity contribution in [3.63, 3.8) is 0 Å². The molecule has 0 atom stereocenters. The van der Waals surface area contributed by atoms with E-state index in [0.717, 1.165) is 26.9 Å². The molecule has 0 spiro atoms. The first-order valence-corrected chi connectivity index (χ1v) is 10.3. The Morgan fingerprint density at radius 2 is 1.97 bits per heavy atom. The van der Waals surface area contributed by atoms with E-state index >= 15 is 0 Å². The van der Waals surface area contributed by atoms with Crippen LogP contribution in [0.25, 0.3) is 21.3 Å². The molecule has 1 amide bonds. The Morgan fingerprint density at radius 1 is 1.10 bits per heavy atom. The van der Waals surface area contributed by atoms with Crippen molar-refractivity contribution in [3.05, 3.63) is 76.9 Å². The molecular formula is C22H18N6OS. The normalized spacial score (nSPS) is 11.1. The summed E-state index contributed by atoms with van der Waals surface area (Å²) in [6, 6.07) is 17.6. The van der Waals surface area contributed by atoms with Gasteiger partial charge in [0.15, 0.2) is 11.5 Å². The molecule has 0 fully saturated rings. The number of anilines is 2. The third kappa shape index (κ3) is 3.48. The van der Waals surface area contributed by atoms with E-state index in [-0.39, 0.29) is 11.9 Å². The summed E-state index contributed by atoms with van der Waals surface area (Å²) < 4.78 is 0.854. The Bertz CT molecular complexity index is 1360. The van der Waals surface area contributed by atoms with Gasteiger partial charge >= 0.3 is 0 Å². The van der Waals surface area contributed by atoms with Crippen molar-refractivity contribution in [2.75, 3.05) is 10.6 Å². The van der Waals surface area contributed by atoms with Crippen molar-refractivity contribution in [2.24, 2.45) is 0 Å². The van der Waals surface area contributed by atoms with Gasteiger partial charge in [-0.15, -0.1) is 11.3 Å². The lowest BCUT2D eigenvalue weighted by atomic mass is 10.1. The highest BCUT2D eigenvalue weighted by Gasteiger charge is 2.16. The quantitative estimate of drug-likeness (QED) is 0.386. The monoisotopic (exact) mass is 414 g/mol. The molecule has 5 rings (SSSR count). The molecule has 30 heavy (non-hydrogen) atoms. The van der Waals surface area contributed by atoms with Gasteiger partial charge in [0, 0.05) is 28.7 Å². The van der Waals surface area contributed by atoms with Gasteiger partial charge in [-0.05, 0) is 30.7 Å². The molecule has 2 aromatic carbocycles. The maximum atomic E-state index is 13.0. The van der Waals surface area contributed by atoms with Crippen LogP contribution in [0.1, 0.15) is 21.6 Å². The fraction of sp³-hybridized carbons (Fsp3) is 0.0909. The number of nitrogens with one attached hydrogen (secondary N) is 3. The summed E-state index contributed by atoms with van der Waals surface area (Å²) >= 11 is 1.46. The van der Waals surface area contributed by atoms with E-state index in [0.29, 0.717) is 23.6 Å². The number of benzene rings is 2. The Balaban J connectivity index is 1.44. The number of hydrogen-bond acceptors (Lipinski definition) is 6. The molecule has 0 saturated heterocycles. The average molecular weight is 414 g/mol. The van der Waals surface area contributed by atoms with Crippen LogP contribution in [0.15, 0.2) is 60.1 Å². The smallest absolute Gasteiger partial charge is 0.258 e. The van der Waals surface area contributed by atoms with E-state index in [1.807, 2.05) is 55.5 Å². The predicted octanol–water partition coefficient (Wildman–Crippen LogP) is 4.74. The lowest BCUT2D eigenvalue weighted by Gasteiger charge is -2.09. The highest BCUT2D eigenvalue weighted by atomic mass is 32.1. The molecule has 3 N–H and O–H groups in total. The van der Waals surface area contributed by atoms with Crippen molar-refractivity contribution in [3.8, 4) is 0 Å². The molecule has 5 aromatic rings. The summed E-state index contributed by atoms with van der Waals surface area (Å²) in [6.45, 7) is 2.58. The van der Waals surface area contributed by atoms with E-state index in [9.17, 15) is 4.79 Å². The van der Waals surface area contributed by atoms with Crippen molar-refractivity contribution < 1.29 is 4.79 Å². The number of hydrogen-bond donors (Lipinski definition) is 3. The minimum atomic E-state index is -0.261. The van der Waals surface area contributed by atoms with Crippen LogP contribution in [0.5, 0.6) is 0 Å². The van der Waals surface area contributed by atoms with Crippen LogP contribution in [0.3, 0.4) is 0 Å². The van der Waals surface area contributed by atoms with E-state index in [2.05, 4.69) is 30.6 Å². The van der Waals surface area contributed by atoms with Crippen LogP contribution < -0.4 is 10.6 Å². The van der Waals surface area contributed by atoms with Gasteiger partial charge in [0.05, 0.1) is 5.51 Å². The number of thiazole rings is 1. The first kappa shape index (κ1) is 18.3. The second-order valence-electron chi connectivity index (χ2n) is 6.91. The largest absolute Gasteiger partial charge is 0.365 e. The van der Waals surface area contributed by atoms with Gasteiger partial charge in [-0.1, -0.05) is 36.4 Å². The van der Waals surface area contributed by atoms with Gasteiger partial charge < -0.3 is 10.3 Å². The van der Waals surface area contributed by atoms with E-state index in [4.69, 9.17) is 0 Å². The zero-order chi connectivity index (χ0) is 20.5. The molecule has 0 radical (unpaired) electrons. The topological polar surface area (TPSA) is 95.6 Å². The van der Waals surface area contributed by atoms with Crippen LogP contribution in [0, 0.1) is 6.92 Å². The summed E-state index contributed by atoms with van der Waals surface area (Å²) in [4.78, 5) is 29.5. The maximum Gasteiger partial charge on any atom is 0.258 e. The van der Waals surface area contributed by atoms with Gasteiger partial charge in [0.25, 0.3) is 5.91 Å². The molecule has 0 unspecified atom stereocenters. The minimum absolute atomic E-state index is 0.221. The van der Waals surface area contributed by atoms with Gasteiger partial charge in [-0.3, -0.25) is 10.1 Å². The van der Waals surface area contributed by atoms with Gasteiger partial charge in [0.2, 0.25) is 5.95 Å². The van der Waals surface area contributed by atoms with E-state index in [1.165, 1.54) is 11.3 Å². The van der Waals surface area contributed by atoms with Gasteiger partial charge in [-0.2, -0.15) is 9.97 Å². The molecule has 0 aliphatic carbocycles. The first-order chi connectivity index (χ1) is 14.7. The van der Waals surface area contributed by atoms with Crippen LogP contribution in [-0.4, -0.2) is 25.8 Å². The van der Waals surface area contributed by atoms with Crippen molar-refractivity contribution in [1.29, 1.82) is 0 Å². The fourth-order valence-electron chi connectivity index (χ4n) is 3.38. The zero-order valence-corrected chi connectivity index (χ0v) is 17.0. The molecule has 0 aliphatic heterocycles. The molecule has 3 aromatic heterocycles. The number of aromatic nitrogens is 4. The number of fused-ring (bicyclic) bond motifs is 2. The lowest BCUT2D eigenvalue weighted by molar-refractivity contribution is 0.102. The second kappa shape index (κ2) is 7.57. The number of H-pyrrole nitrogens is 1. The highest BCUT2D eigenvalue weighted by molar-refractivity contribution is 7.17. The standard InChI is InChI=1S/C22H18N6OS/c1-13-10-16-15(8-5-9-17(16)25-13)21(29)28-22-26-19(18-20(27-22)24-12-30-18)23-11-14-6-3-2-4-7-14/h2-10,12,25H,11H2,1H3,(H2,23,26,27,28,29). The minimum Gasteiger partial charge on any atom is -0.365 e. The van der Waals surface area contributed by atoms with Crippen LogP contribution >= 0.6 is 11.3 Å². The third-order valence-corrected chi connectivity index (χ3v) is 5.59. The number of aryl methyl sites for hydroxylation is 1. The van der Waals surface area contributed by atoms with Crippen LogP contribution in [0.2, 0.25) is 0 Å². The molecule has 0 saturated carbocycles. The van der Waals surface area contributed by atoms with Crippen LogP contribution in [0.4, 0.5) is 11.8 Å². The molecule has 3 heterocycles. The van der Waals surface area contributed by atoms with Gasteiger partial charge in [0.1, 0.15) is 4.70 Å². The summed E-state index contributed by atoms with van der Waals surface area (Å²) in [7, 11) is 0. The Labute approximate surface area is 176 Å². The maximum absolute atomic E-state index is 13.0. The van der Waals surface area contributed by atoms with E-state index in [1.54, 1.807) is 11.6 Å². The first-order valence-electron chi connectivity index (χ1n) is 9.46. The summed E-state index contributed by atoms with van der Waals surface area (Å²) in [5, 5.41) is 7.03. The number of aromatic amines is 1. The molecule has 0 bridgehead atoms. The van der Waals surface area contributed by atoms with E-state index < -0.39 is 0 Å². The fourth-order valence-corrected chi connectivity index (χ4v) is 4.07. The Morgan fingerprint density at radius 3 is 2.83 bits per heavy atom. The van der Waals surface area contributed by atoms with Crippen LogP contribution in [-0.2, 0) is 6.54 Å². The highest BCUT2D eigenvalue weighted by Crippen LogP contribution is 2.26. The molecule has 7 nitrogen and oxygen atoms in total. The summed E-state index contributed by atoms with van der Waals surface area (Å²) in [5.41, 5.74) is 5.89. The summed E-state index contributed by atoms with van der Waals surface area (Å²) in [5.74, 6) is 0.610. The summed E-state index contributed by atoms with van der Waals surface area (Å²) in [6.07, 6.45) is 0. The Kier molecular flexibility index (Phi) is 4.61. The number of carbonyl (C=O) groups excluding carboxylic acids is 1. The molecule has 0 aliphatic rings. The Hall–Kier alpha value is -3.78. The molecule has 8 heteroatoms.